The Labute approximate surface area is 122 Å². The number of aromatic nitrogens is 3. The van der Waals surface area contributed by atoms with Crippen LogP contribution in [0.3, 0.4) is 0 Å². The molecule has 0 aliphatic carbocycles. The summed E-state index contributed by atoms with van der Waals surface area (Å²) in [5.74, 6) is 0.777. The van der Waals surface area contributed by atoms with Gasteiger partial charge in [0.1, 0.15) is 11.9 Å². The van der Waals surface area contributed by atoms with E-state index in [1.54, 1.807) is 35.0 Å². The molecule has 3 rings (SSSR count). The molecule has 1 aliphatic heterocycles. The molecule has 0 unspecified atom stereocenters. The smallest absolute Gasteiger partial charge is 0.290 e. The van der Waals surface area contributed by atoms with Gasteiger partial charge < -0.3 is 19.9 Å². The highest BCUT2D eigenvalue weighted by Crippen LogP contribution is 2.22. The molecule has 0 aromatic carbocycles. The Morgan fingerprint density at radius 3 is 3.05 bits per heavy atom. The lowest BCUT2D eigenvalue weighted by Gasteiger charge is -2.32. The minimum atomic E-state index is -0.258. The van der Waals surface area contributed by atoms with Gasteiger partial charge in [-0.3, -0.25) is 4.79 Å². The number of anilines is 1. The van der Waals surface area contributed by atoms with E-state index in [0.29, 0.717) is 31.3 Å². The maximum atomic E-state index is 12.5. The first-order valence-electron chi connectivity index (χ1n) is 6.76. The van der Waals surface area contributed by atoms with Crippen molar-refractivity contribution in [3.05, 3.63) is 42.1 Å². The van der Waals surface area contributed by atoms with Crippen LogP contribution in [0.25, 0.3) is 0 Å². The number of nitrogen functional groups attached to an aromatic ring is 1. The number of hydrogen-bond donors (Lipinski definition) is 1. The summed E-state index contributed by atoms with van der Waals surface area (Å²) in [4.78, 5) is 22.6. The topological polar surface area (TPSA) is 86.3 Å². The normalized spacial score (nSPS) is 18.7. The SMILES string of the molecule is Cn1ccnc1C(=O)N1CCO[C@@H](c2cccc(N)n2)C1. The minimum Gasteiger partial charge on any atom is -0.384 e. The first-order chi connectivity index (χ1) is 10.1. The number of aryl methyl sites for hydroxylation is 1. The molecule has 1 atom stereocenters. The molecule has 2 N–H and O–H groups in total. The quantitative estimate of drug-likeness (QED) is 0.874. The fraction of sp³-hybridized carbons (Fsp3) is 0.357. The van der Waals surface area contributed by atoms with Crippen molar-refractivity contribution in [3.63, 3.8) is 0 Å². The van der Waals surface area contributed by atoms with Gasteiger partial charge in [0, 0.05) is 26.0 Å². The van der Waals surface area contributed by atoms with Crippen LogP contribution in [0.2, 0.25) is 0 Å². The van der Waals surface area contributed by atoms with E-state index in [1.807, 2.05) is 12.1 Å². The molecule has 0 bridgehead atoms. The van der Waals surface area contributed by atoms with Gasteiger partial charge >= 0.3 is 0 Å². The number of nitrogens with two attached hydrogens (primary N) is 1. The zero-order chi connectivity index (χ0) is 14.8. The van der Waals surface area contributed by atoms with E-state index in [1.165, 1.54) is 0 Å². The van der Waals surface area contributed by atoms with Crippen molar-refractivity contribution in [1.82, 2.24) is 19.4 Å². The Balaban J connectivity index is 1.77. The highest BCUT2D eigenvalue weighted by atomic mass is 16.5. The monoisotopic (exact) mass is 287 g/mol. The lowest BCUT2D eigenvalue weighted by molar-refractivity contribution is -0.0251. The van der Waals surface area contributed by atoms with Gasteiger partial charge in [-0.25, -0.2) is 9.97 Å². The van der Waals surface area contributed by atoms with Gasteiger partial charge in [0.05, 0.1) is 18.8 Å². The highest BCUT2D eigenvalue weighted by Gasteiger charge is 2.28. The fourth-order valence-electron chi connectivity index (χ4n) is 2.37. The van der Waals surface area contributed by atoms with Gasteiger partial charge in [0.25, 0.3) is 5.91 Å². The summed E-state index contributed by atoms with van der Waals surface area (Å²) < 4.78 is 7.42. The van der Waals surface area contributed by atoms with Crippen molar-refractivity contribution < 1.29 is 9.53 Å². The van der Waals surface area contributed by atoms with Crippen LogP contribution in [0.15, 0.2) is 30.6 Å². The molecule has 2 aromatic heterocycles. The number of amides is 1. The first kappa shape index (κ1) is 13.6. The molecular weight excluding hydrogens is 270 g/mol. The third-order valence-electron chi connectivity index (χ3n) is 3.49. The number of morpholine rings is 1. The van der Waals surface area contributed by atoms with Crippen LogP contribution in [-0.2, 0) is 11.8 Å². The summed E-state index contributed by atoms with van der Waals surface area (Å²) in [5, 5.41) is 0. The van der Waals surface area contributed by atoms with E-state index >= 15 is 0 Å². The van der Waals surface area contributed by atoms with E-state index in [2.05, 4.69) is 9.97 Å². The average molecular weight is 287 g/mol. The summed E-state index contributed by atoms with van der Waals surface area (Å²) in [5.41, 5.74) is 6.44. The Bertz CT molecular complexity index is 654. The molecule has 1 aliphatic rings. The molecule has 7 heteroatoms. The van der Waals surface area contributed by atoms with E-state index in [9.17, 15) is 4.79 Å². The number of imidazole rings is 1. The summed E-state index contributed by atoms with van der Waals surface area (Å²) >= 11 is 0. The maximum Gasteiger partial charge on any atom is 0.290 e. The van der Waals surface area contributed by atoms with Crippen LogP contribution in [0, 0.1) is 0 Å². The van der Waals surface area contributed by atoms with Gasteiger partial charge in [-0.15, -0.1) is 0 Å². The second-order valence-corrected chi connectivity index (χ2v) is 4.96. The predicted molar refractivity (Wildman–Crippen MR) is 76.5 cm³/mol. The minimum absolute atomic E-state index is 0.0975. The maximum absolute atomic E-state index is 12.5. The van der Waals surface area contributed by atoms with Crippen LogP contribution >= 0.6 is 0 Å². The third-order valence-corrected chi connectivity index (χ3v) is 3.49. The molecule has 0 radical (unpaired) electrons. The summed E-state index contributed by atoms with van der Waals surface area (Å²) in [6.07, 6.45) is 3.11. The zero-order valence-corrected chi connectivity index (χ0v) is 11.8. The summed E-state index contributed by atoms with van der Waals surface area (Å²) in [6.45, 7) is 1.46. The number of rotatable bonds is 2. The van der Waals surface area contributed by atoms with Crippen LogP contribution in [-0.4, -0.2) is 45.0 Å². The second kappa shape index (κ2) is 5.53. The van der Waals surface area contributed by atoms with Crippen molar-refractivity contribution >= 4 is 11.7 Å². The number of carbonyl (C=O) groups is 1. The standard InChI is InChI=1S/C14H17N5O2/c1-18-6-5-16-13(18)14(20)19-7-8-21-11(9-19)10-3-2-4-12(15)17-10/h2-6,11H,7-9H2,1H3,(H2,15,17)/t11-/m1/s1. The molecule has 2 aromatic rings. The molecule has 0 saturated carbocycles. The van der Waals surface area contributed by atoms with Gasteiger partial charge in [0.15, 0.2) is 5.82 Å². The predicted octanol–water partition coefficient (Wildman–Crippen LogP) is 0.611. The number of pyridine rings is 1. The van der Waals surface area contributed by atoms with E-state index in [4.69, 9.17) is 10.5 Å². The van der Waals surface area contributed by atoms with Crippen molar-refractivity contribution in [2.75, 3.05) is 25.4 Å². The Morgan fingerprint density at radius 1 is 1.48 bits per heavy atom. The third kappa shape index (κ3) is 2.73. The summed E-state index contributed by atoms with van der Waals surface area (Å²) in [6, 6.07) is 5.42. The average Bonchev–Trinajstić information content (AvgIpc) is 2.93. The van der Waals surface area contributed by atoms with Crippen molar-refractivity contribution in [1.29, 1.82) is 0 Å². The Kier molecular flexibility index (Phi) is 3.57. The molecule has 7 nitrogen and oxygen atoms in total. The number of nitrogens with zero attached hydrogens (tertiary/aromatic N) is 4. The highest BCUT2D eigenvalue weighted by molar-refractivity contribution is 5.90. The Morgan fingerprint density at radius 2 is 2.33 bits per heavy atom. The zero-order valence-electron chi connectivity index (χ0n) is 11.8. The Hall–Kier alpha value is -2.41. The van der Waals surface area contributed by atoms with Crippen LogP contribution in [0.4, 0.5) is 5.82 Å². The summed E-state index contributed by atoms with van der Waals surface area (Å²) in [7, 11) is 1.80. The van der Waals surface area contributed by atoms with Crippen LogP contribution in [0.1, 0.15) is 22.4 Å². The van der Waals surface area contributed by atoms with E-state index in [-0.39, 0.29) is 12.0 Å². The number of ether oxygens (including phenoxy) is 1. The lowest BCUT2D eigenvalue weighted by atomic mass is 10.2. The molecule has 21 heavy (non-hydrogen) atoms. The lowest BCUT2D eigenvalue weighted by Crippen LogP contribution is -2.43. The van der Waals surface area contributed by atoms with E-state index in [0.717, 1.165) is 5.69 Å². The van der Waals surface area contributed by atoms with Crippen LogP contribution < -0.4 is 5.73 Å². The molecular formula is C14H17N5O2. The molecule has 1 fully saturated rings. The first-order valence-corrected chi connectivity index (χ1v) is 6.76. The van der Waals surface area contributed by atoms with Crippen LogP contribution in [0.5, 0.6) is 0 Å². The number of hydrogen-bond acceptors (Lipinski definition) is 5. The van der Waals surface area contributed by atoms with Gasteiger partial charge in [-0.1, -0.05) is 6.07 Å². The largest absolute Gasteiger partial charge is 0.384 e. The van der Waals surface area contributed by atoms with Gasteiger partial charge in [-0.05, 0) is 12.1 Å². The fourth-order valence-corrected chi connectivity index (χ4v) is 2.37. The van der Waals surface area contributed by atoms with Crippen molar-refractivity contribution in [3.8, 4) is 0 Å². The molecule has 3 heterocycles. The second-order valence-electron chi connectivity index (χ2n) is 4.96. The molecule has 110 valence electrons. The van der Waals surface area contributed by atoms with Gasteiger partial charge in [0.2, 0.25) is 0 Å². The number of carbonyl (C=O) groups excluding carboxylic acids is 1. The molecule has 1 saturated heterocycles. The van der Waals surface area contributed by atoms with Crippen molar-refractivity contribution in [2.45, 2.75) is 6.10 Å². The molecule has 1 amide bonds. The van der Waals surface area contributed by atoms with Gasteiger partial charge in [-0.2, -0.15) is 0 Å². The molecule has 0 spiro atoms. The van der Waals surface area contributed by atoms with Crippen molar-refractivity contribution in [2.24, 2.45) is 7.05 Å². The van der Waals surface area contributed by atoms with E-state index < -0.39 is 0 Å².